The maximum atomic E-state index is 13.0. The fourth-order valence-corrected chi connectivity index (χ4v) is 3.32. The number of rotatable bonds is 6. The zero-order chi connectivity index (χ0) is 22.6. The first-order valence-corrected chi connectivity index (χ1v) is 9.95. The molecule has 0 bridgehead atoms. The van der Waals surface area contributed by atoms with Crippen LogP contribution < -0.4 is 5.32 Å². The van der Waals surface area contributed by atoms with Crippen molar-refractivity contribution >= 4 is 17.8 Å². The maximum absolute atomic E-state index is 13.0. The Morgan fingerprint density at radius 1 is 1.10 bits per heavy atom. The number of hydrogen-bond acceptors (Lipinski definition) is 6. The Hall–Kier alpha value is -2.15. The van der Waals surface area contributed by atoms with Crippen molar-refractivity contribution in [2.24, 2.45) is 5.92 Å². The summed E-state index contributed by atoms with van der Waals surface area (Å²) in [4.78, 5) is 39.3. The molecule has 0 aromatic carbocycles. The van der Waals surface area contributed by atoms with E-state index in [1.54, 1.807) is 46.4 Å². The number of amides is 1. The number of hydrogen-bond donors (Lipinski definition) is 1. The van der Waals surface area contributed by atoms with E-state index in [4.69, 9.17) is 9.47 Å². The second-order valence-corrected chi connectivity index (χ2v) is 9.41. The van der Waals surface area contributed by atoms with Crippen LogP contribution in [0.15, 0.2) is 24.4 Å². The van der Waals surface area contributed by atoms with Gasteiger partial charge in [-0.05, 0) is 60.8 Å². The first kappa shape index (κ1) is 24.9. The van der Waals surface area contributed by atoms with E-state index < -0.39 is 35.2 Å². The number of carbonyl (C=O) groups is 3. The summed E-state index contributed by atoms with van der Waals surface area (Å²) in [7, 11) is 0. The van der Waals surface area contributed by atoms with Gasteiger partial charge in [-0.2, -0.15) is 0 Å². The van der Waals surface area contributed by atoms with Crippen LogP contribution in [0.2, 0.25) is 0 Å². The summed E-state index contributed by atoms with van der Waals surface area (Å²) in [5.74, 6) is -1.26. The van der Waals surface area contributed by atoms with Crippen LogP contribution in [0.25, 0.3) is 0 Å². The highest BCUT2D eigenvalue weighted by molar-refractivity contribution is 5.85. The van der Waals surface area contributed by atoms with Crippen LogP contribution in [-0.4, -0.2) is 52.6 Å². The lowest BCUT2D eigenvalue weighted by atomic mass is 10.0. The summed E-state index contributed by atoms with van der Waals surface area (Å²) in [5.41, 5.74) is -1.20. The molecule has 0 radical (unpaired) electrons. The summed E-state index contributed by atoms with van der Waals surface area (Å²) < 4.78 is 11.2. The molecule has 1 aliphatic rings. The average molecular weight is 409 g/mol. The van der Waals surface area contributed by atoms with Crippen molar-refractivity contribution in [1.29, 1.82) is 0 Å². The smallest absolute Gasteiger partial charge is 0.330 e. The number of esters is 2. The minimum atomic E-state index is -0.995. The lowest BCUT2D eigenvalue weighted by Crippen LogP contribution is -2.53. The molecule has 7 nitrogen and oxygen atoms in total. The molecule has 0 aromatic heterocycles. The van der Waals surface area contributed by atoms with E-state index in [1.807, 2.05) is 19.1 Å². The summed E-state index contributed by atoms with van der Waals surface area (Å²) in [6, 6.07) is -1.65. The first-order chi connectivity index (χ1) is 13.1. The molecule has 1 fully saturated rings. The van der Waals surface area contributed by atoms with Crippen molar-refractivity contribution in [2.45, 2.75) is 85.1 Å². The molecule has 0 spiro atoms. The molecule has 0 saturated carbocycles. The summed E-state index contributed by atoms with van der Waals surface area (Å²) >= 11 is 0. The average Bonchev–Trinajstić information content (AvgIpc) is 2.86. The summed E-state index contributed by atoms with van der Waals surface area (Å²) in [6.45, 7) is 18.3. The van der Waals surface area contributed by atoms with E-state index in [-0.39, 0.29) is 17.5 Å². The molecule has 1 N–H and O–H groups in total. The SMILES string of the molecule is C=C(NC(C)=O)[C@H](C(=O)OC(C)(C)C)N1CC(C=CC)CC1C(=O)OC(C)(C)C. The molecule has 7 heteroatoms. The fourth-order valence-electron chi connectivity index (χ4n) is 3.32. The van der Waals surface area contributed by atoms with E-state index >= 15 is 0 Å². The predicted molar refractivity (Wildman–Crippen MR) is 112 cm³/mol. The number of nitrogens with zero attached hydrogens (tertiary/aromatic N) is 1. The summed E-state index contributed by atoms with van der Waals surface area (Å²) in [5, 5.41) is 2.59. The molecule has 164 valence electrons. The van der Waals surface area contributed by atoms with Gasteiger partial charge in [-0.1, -0.05) is 18.7 Å². The zero-order valence-electron chi connectivity index (χ0n) is 19.0. The van der Waals surface area contributed by atoms with Crippen molar-refractivity contribution in [2.75, 3.05) is 6.54 Å². The monoisotopic (exact) mass is 408 g/mol. The van der Waals surface area contributed by atoms with E-state index in [0.717, 1.165) is 0 Å². The lowest BCUT2D eigenvalue weighted by Gasteiger charge is -2.34. The molecular formula is C22H36N2O5. The Morgan fingerprint density at radius 3 is 2.10 bits per heavy atom. The van der Waals surface area contributed by atoms with Crippen molar-refractivity contribution < 1.29 is 23.9 Å². The second kappa shape index (κ2) is 9.57. The van der Waals surface area contributed by atoms with Gasteiger partial charge in [0.15, 0.2) is 0 Å². The van der Waals surface area contributed by atoms with Crippen LogP contribution in [0, 0.1) is 5.92 Å². The molecule has 0 aliphatic carbocycles. The third-order valence-electron chi connectivity index (χ3n) is 4.14. The third kappa shape index (κ3) is 8.01. The van der Waals surface area contributed by atoms with Gasteiger partial charge in [-0.3, -0.25) is 14.5 Å². The largest absolute Gasteiger partial charge is 0.459 e. The molecule has 1 heterocycles. The summed E-state index contributed by atoms with van der Waals surface area (Å²) in [6.07, 6.45) is 4.43. The standard InChI is InChI=1S/C22H36N2O5/c1-10-11-16-12-17(19(26)28-21(4,5)6)24(13-16)18(14(2)23-15(3)25)20(27)29-22(7,8)9/h10-11,16-18H,2,12-13H2,1,3-9H3,(H,23,25)/t16?,17?,18-/m1/s1. The Kier molecular flexibility index (Phi) is 8.21. The second-order valence-electron chi connectivity index (χ2n) is 9.41. The van der Waals surface area contributed by atoms with E-state index in [0.29, 0.717) is 13.0 Å². The molecule has 3 atom stereocenters. The van der Waals surface area contributed by atoms with Crippen molar-refractivity contribution in [3.63, 3.8) is 0 Å². The van der Waals surface area contributed by atoms with Gasteiger partial charge in [0.05, 0.1) is 0 Å². The fraction of sp³-hybridized carbons (Fsp3) is 0.682. The highest BCUT2D eigenvalue weighted by Crippen LogP contribution is 2.31. The third-order valence-corrected chi connectivity index (χ3v) is 4.14. The van der Waals surface area contributed by atoms with E-state index in [9.17, 15) is 14.4 Å². The van der Waals surface area contributed by atoms with Gasteiger partial charge in [-0.15, -0.1) is 0 Å². The first-order valence-electron chi connectivity index (χ1n) is 9.95. The molecule has 1 amide bonds. The molecular weight excluding hydrogens is 372 g/mol. The van der Waals surface area contributed by atoms with E-state index in [2.05, 4.69) is 11.9 Å². The van der Waals surface area contributed by atoms with Crippen LogP contribution in [-0.2, 0) is 23.9 Å². The van der Waals surface area contributed by atoms with Gasteiger partial charge in [0.25, 0.3) is 0 Å². The Labute approximate surface area is 174 Å². The number of likely N-dealkylation sites (tertiary alicyclic amines) is 1. The Balaban J connectivity index is 3.30. The zero-order valence-corrected chi connectivity index (χ0v) is 19.0. The molecule has 1 aliphatic heterocycles. The molecule has 1 rings (SSSR count). The maximum Gasteiger partial charge on any atom is 0.330 e. The van der Waals surface area contributed by atoms with Crippen LogP contribution in [0.5, 0.6) is 0 Å². The Bertz CT molecular complexity index is 670. The van der Waals surface area contributed by atoms with Gasteiger partial charge >= 0.3 is 11.9 Å². The minimum Gasteiger partial charge on any atom is -0.459 e. The van der Waals surface area contributed by atoms with Crippen molar-refractivity contribution in [3.05, 3.63) is 24.4 Å². The van der Waals surface area contributed by atoms with Crippen LogP contribution in [0.4, 0.5) is 0 Å². The van der Waals surface area contributed by atoms with Gasteiger partial charge in [0.1, 0.15) is 23.3 Å². The molecule has 1 saturated heterocycles. The van der Waals surface area contributed by atoms with Gasteiger partial charge in [0, 0.05) is 19.2 Å². The van der Waals surface area contributed by atoms with E-state index in [1.165, 1.54) is 6.92 Å². The van der Waals surface area contributed by atoms with Crippen molar-refractivity contribution in [1.82, 2.24) is 10.2 Å². The number of carbonyl (C=O) groups excluding carboxylic acids is 3. The lowest BCUT2D eigenvalue weighted by molar-refractivity contribution is -0.166. The number of nitrogens with one attached hydrogen (secondary N) is 1. The van der Waals surface area contributed by atoms with Gasteiger partial charge < -0.3 is 14.8 Å². The molecule has 0 aromatic rings. The number of ether oxygens (including phenoxy) is 2. The highest BCUT2D eigenvalue weighted by Gasteiger charge is 2.46. The van der Waals surface area contributed by atoms with Crippen LogP contribution >= 0.6 is 0 Å². The van der Waals surface area contributed by atoms with Gasteiger partial charge in [0.2, 0.25) is 5.91 Å². The van der Waals surface area contributed by atoms with Gasteiger partial charge in [-0.25, -0.2) is 4.79 Å². The number of allylic oxidation sites excluding steroid dienone is 1. The van der Waals surface area contributed by atoms with Crippen molar-refractivity contribution in [3.8, 4) is 0 Å². The quantitative estimate of drug-likeness (QED) is 0.537. The highest BCUT2D eigenvalue weighted by atomic mass is 16.6. The topological polar surface area (TPSA) is 84.9 Å². The molecule has 29 heavy (non-hydrogen) atoms. The normalized spacial score (nSPS) is 21.7. The Morgan fingerprint density at radius 2 is 1.66 bits per heavy atom. The molecule has 2 unspecified atom stereocenters. The minimum absolute atomic E-state index is 0.0626. The van der Waals surface area contributed by atoms with Crippen LogP contribution in [0.3, 0.4) is 0 Å². The van der Waals surface area contributed by atoms with Crippen LogP contribution in [0.1, 0.15) is 61.8 Å². The predicted octanol–water partition coefficient (Wildman–Crippen LogP) is 2.95.